The highest BCUT2D eigenvalue weighted by Gasteiger charge is 2.20. The van der Waals surface area contributed by atoms with Crippen LogP contribution < -0.4 is 5.32 Å². The molecule has 0 amide bonds. The fourth-order valence-electron chi connectivity index (χ4n) is 2.31. The first-order valence-electron chi connectivity index (χ1n) is 7.60. The highest BCUT2D eigenvalue weighted by atomic mass is 32.2. The van der Waals surface area contributed by atoms with Gasteiger partial charge in [0.1, 0.15) is 5.03 Å². The lowest BCUT2D eigenvalue weighted by Crippen LogP contribution is -2.16. The Bertz CT molecular complexity index is 598. The molecule has 1 saturated carbocycles. The minimum absolute atomic E-state index is 0.725. The molecule has 1 aliphatic carbocycles. The molecule has 0 atom stereocenters. The molecule has 3 rings (SSSR count). The first kappa shape index (κ1) is 14.8. The maximum absolute atomic E-state index is 5.12. The van der Waals surface area contributed by atoms with E-state index in [0.29, 0.717) is 0 Å². The van der Waals surface area contributed by atoms with E-state index < -0.39 is 0 Å². The molecule has 0 unspecified atom stereocenters. The Labute approximate surface area is 130 Å². The second-order valence-corrected chi connectivity index (χ2v) is 6.58. The summed E-state index contributed by atoms with van der Waals surface area (Å²) < 4.78 is 5.12. The van der Waals surface area contributed by atoms with Crippen molar-refractivity contribution >= 4 is 22.7 Å². The van der Waals surface area contributed by atoms with Crippen LogP contribution in [0.2, 0.25) is 0 Å². The van der Waals surface area contributed by atoms with Gasteiger partial charge in [-0.2, -0.15) is 0 Å². The average molecular weight is 302 g/mol. The van der Waals surface area contributed by atoms with Crippen LogP contribution in [0.5, 0.6) is 0 Å². The van der Waals surface area contributed by atoms with E-state index in [1.54, 1.807) is 7.11 Å². The molecule has 1 fully saturated rings. The Morgan fingerprint density at radius 2 is 2.19 bits per heavy atom. The molecule has 0 aliphatic heterocycles. The second kappa shape index (κ2) is 7.25. The number of rotatable bonds is 8. The van der Waals surface area contributed by atoms with Gasteiger partial charge in [-0.3, -0.25) is 0 Å². The maximum atomic E-state index is 5.12. The van der Waals surface area contributed by atoms with E-state index in [1.807, 2.05) is 11.8 Å². The third-order valence-corrected chi connectivity index (χ3v) is 4.77. The van der Waals surface area contributed by atoms with Gasteiger partial charge in [0.2, 0.25) is 0 Å². The number of benzene rings is 1. The van der Waals surface area contributed by atoms with Crippen LogP contribution in [0.15, 0.2) is 35.4 Å². The highest BCUT2D eigenvalue weighted by Crippen LogP contribution is 2.27. The summed E-state index contributed by atoms with van der Waals surface area (Å²) in [6.45, 7) is 1.74. The number of thioether (sulfide) groups is 1. The zero-order valence-electron chi connectivity index (χ0n) is 12.5. The summed E-state index contributed by atoms with van der Waals surface area (Å²) in [5.74, 6) is 1.05. The number of ether oxygens (including phenoxy) is 1. The molecule has 1 N–H and O–H groups in total. The molecule has 1 aromatic heterocycles. The van der Waals surface area contributed by atoms with Crippen molar-refractivity contribution in [3.63, 3.8) is 0 Å². The molecule has 112 valence electrons. The van der Waals surface area contributed by atoms with E-state index in [0.717, 1.165) is 41.9 Å². The number of para-hydroxylation sites is 1. The second-order valence-electron chi connectivity index (χ2n) is 5.50. The topological polar surface area (TPSA) is 34.1 Å². The molecule has 1 aliphatic rings. The van der Waals surface area contributed by atoms with Gasteiger partial charge < -0.3 is 10.1 Å². The lowest BCUT2D eigenvalue weighted by molar-refractivity contribution is 0.200. The summed E-state index contributed by atoms with van der Waals surface area (Å²) in [5, 5.41) is 5.99. The van der Waals surface area contributed by atoms with Gasteiger partial charge in [-0.05, 0) is 37.0 Å². The smallest absolute Gasteiger partial charge is 0.101 e. The quantitative estimate of drug-likeness (QED) is 0.596. The third-order valence-electron chi connectivity index (χ3n) is 3.65. The standard InChI is InChI=1S/C17H22N2OS/c1-20-9-4-10-21-17-14(12-18-15-7-8-15)11-13-5-2-3-6-16(13)19-17/h2-3,5-6,11,15,18H,4,7-10,12H2,1H3. The largest absolute Gasteiger partial charge is 0.385 e. The number of hydrogen-bond donors (Lipinski definition) is 1. The van der Waals surface area contributed by atoms with Gasteiger partial charge in [-0.1, -0.05) is 18.2 Å². The fraction of sp³-hybridized carbons (Fsp3) is 0.471. The van der Waals surface area contributed by atoms with E-state index in [4.69, 9.17) is 9.72 Å². The monoisotopic (exact) mass is 302 g/mol. The molecule has 0 spiro atoms. The lowest BCUT2D eigenvalue weighted by atomic mass is 10.1. The maximum Gasteiger partial charge on any atom is 0.101 e. The van der Waals surface area contributed by atoms with Crippen LogP contribution in [0.25, 0.3) is 10.9 Å². The van der Waals surface area contributed by atoms with E-state index >= 15 is 0 Å². The molecule has 0 radical (unpaired) electrons. The fourth-order valence-corrected chi connectivity index (χ4v) is 3.24. The van der Waals surface area contributed by atoms with Crippen molar-refractivity contribution in [2.45, 2.75) is 36.9 Å². The summed E-state index contributed by atoms with van der Waals surface area (Å²) in [6.07, 6.45) is 3.69. The van der Waals surface area contributed by atoms with Crippen LogP contribution in [-0.4, -0.2) is 30.5 Å². The molecule has 2 aromatic rings. The van der Waals surface area contributed by atoms with Gasteiger partial charge in [-0.15, -0.1) is 11.8 Å². The number of hydrogen-bond acceptors (Lipinski definition) is 4. The van der Waals surface area contributed by atoms with Gasteiger partial charge >= 0.3 is 0 Å². The Kier molecular flexibility index (Phi) is 5.12. The van der Waals surface area contributed by atoms with E-state index in [2.05, 4.69) is 35.6 Å². The summed E-state index contributed by atoms with van der Waals surface area (Å²) in [5.41, 5.74) is 2.41. The number of nitrogens with one attached hydrogen (secondary N) is 1. The van der Waals surface area contributed by atoms with Crippen molar-refractivity contribution < 1.29 is 4.74 Å². The van der Waals surface area contributed by atoms with Crippen molar-refractivity contribution in [3.8, 4) is 0 Å². The highest BCUT2D eigenvalue weighted by molar-refractivity contribution is 7.99. The van der Waals surface area contributed by atoms with Crippen molar-refractivity contribution in [2.75, 3.05) is 19.5 Å². The van der Waals surface area contributed by atoms with Crippen LogP contribution in [0, 0.1) is 0 Å². The molecular weight excluding hydrogens is 280 g/mol. The molecule has 1 aromatic carbocycles. The van der Waals surface area contributed by atoms with Crippen LogP contribution in [0.4, 0.5) is 0 Å². The van der Waals surface area contributed by atoms with E-state index in [9.17, 15) is 0 Å². The predicted molar refractivity (Wildman–Crippen MR) is 88.8 cm³/mol. The number of nitrogens with zero attached hydrogens (tertiary/aromatic N) is 1. The molecule has 3 nitrogen and oxygen atoms in total. The van der Waals surface area contributed by atoms with Gasteiger partial charge in [0.05, 0.1) is 5.52 Å². The Morgan fingerprint density at radius 1 is 1.33 bits per heavy atom. The van der Waals surface area contributed by atoms with Crippen molar-refractivity contribution in [3.05, 3.63) is 35.9 Å². The van der Waals surface area contributed by atoms with Gasteiger partial charge in [-0.25, -0.2) is 4.98 Å². The molecule has 4 heteroatoms. The Balaban J connectivity index is 1.76. The van der Waals surface area contributed by atoms with Crippen LogP contribution in [0.1, 0.15) is 24.8 Å². The van der Waals surface area contributed by atoms with E-state index in [1.165, 1.54) is 23.8 Å². The Hall–Kier alpha value is -1.10. The van der Waals surface area contributed by atoms with Crippen molar-refractivity contribution in [2.24, 2.45) is 0 Å². The van der Waals surface area contributed by atoms with Gasteiger partial charge in [0.15, 0.2) is 0 Å². The number of pyridine rings is 1. The predicted octanol–water partition coefficient (Wildman–Crippen LogP) is 3.62. The first-order chi connectivity index (χ1) is 10.4. The number of aromatic nitrogens is 1. The summed E-state index contributed by atoms with van der Waals surface area (Å²) in [4.78, 5) is 4.85. The van der Waals surface area contributed by atoms with Crippen LogP contribution in [-0.2, 0) is 11.3 Å². The normalized spacial score (nSPS) is 14.7. The number of methoxy groups -OCH3 is 1. The third kappa shape index (κ3) is 4.19. The molecule has 0 bridgehead atoms. The minimum Gasteiger partial charge on any atom is -0.385 e. The lowest BCUT2D eigenvalue weighted by Gasteiger charge is -2.11. The first-order valence-corrected chi connectivity index (χ1v) is 8.59. The zero-order chi connectivity index (χ0) is 14.5. The molecule has 1 heterocycles. The number of fused-ring (bicyclic) bond motifs is 1. The van der Waals surface area contributed by atoms with Gasteiger partial charge in [0, 0.05) is 37.4 Å². The summed E-state index contributed by atoms with van der Waals surface area (Å²) in [7, 11) is 1.75. The average Bonchev–Trinajstić information content (AvgIpc) is 3.33. The molecule has 21 heavy (non-hydrogen) atoms. The zero-order valence-corrected chi connectivity index (χ0v) is 13.3. The Morgan fingerprint density at radius 3 is 3.00 bits per heavy atom. The van der Waals surface area contributed by atoms with Crippen molar-refractivity contribution in [1.82, 2.24) is 10.3 Å². The van der Waals surface area contributed by atoms with Crippen LogP contribution >= 0.6 is 11.8 Å². The summed E-state index contributed by atoms with van der Waals surface area (Å²) in [6, 6.07) is 11.4. The molecular formula is C17H22N2OS. The minimum atomic E-state index is 0.725. The van der Waals surface area contributed by atoms with E-state index in [-0.39, 0.29) is 0 Å². The molecule has 0 saturated heterocycles. The van der Waals surface area contributed by atoms with Gasteiger partial charge in [0.25, 0.3) is 0 Å². The van der Waals surface area contributed by atoms with Crippen molar-refractivity contribution in [1.29, 1.82) is 0 Å². The summed E-state index contributed by atoms with van der Waals surface area (Å²) >= 11 is 1.84. The van der Waals surface area contributed by atoms with Crippen LogP contribution in [0.3, 0.4) is 0 Å². The SMILES string of the molecule is COCCCSc1nc2ccccc2cc1CNC1CC1.